The topological polar surface area (TPSA) is 114 Å². The molecule has 5 rings (SSSR count). The zero-order chi connectivity index (χ0) is 24.5. The van der Waals surface area contributed by atoms with Crippen LogP contribution in [0, 0.1) is 0 Å². The van der Waals surface area contributed by atoms with E-state index in [1.54, 1.807) is 39.8 Å². The highest BCUT2D eigenvalue weighted by Crippen LogP contribution is 2.41. The molecule has 0 spiro atoms. The summed E-state index contributed by atoms with van der Waals surface area (Å²) in [6, 6.07) is 9.35. The van der Waals surface area contributed by atoms with Crippen molar-refractivity contribution in [3.05, 3.63) is 36.7 Å². The van der Waals surface area contributed by atoms with Crippen LogP contribution in [0.4, 0.5) is 23.1 Å². The van der Waals surface area contributed by atoms with Crippen molar-refractivity contribution in [2.45, 2.75) is 19.9 Å². The lowest BCUT2D eigenvalue weighted by Gasteiger charge is -2.15. The van der Waals surface area contributed by atoms with Crippen LogP contribution in [0.2, 0.25) is 0 Å². The summed E-state index contributed by atoms with van der Waals surface area (Å²) in [5, 5.41) is 6.60. The van der Waals surface area contributed by atoms with Gasteiger partial charge in [-0.2, -0.15) is 9.97 Å². The van der Waals surface area contributed by atoms with E-state index in [1.807, 2.05) is 22.8 Å². The Bertz CT molecular complexity index is 1360. The van der Waals surface area contributed by atoms with E-state index in [9.17, 15) is 0 Å². The molecule has 1 aliphatic rings. The molecule has 0 atom stereocenters. The van der Waals surface area contributed by atoms with Crippen molar-refractivity contribution in [3.8, 4) is 28.7 Å². The van der Waals surface area contributed by atoms with Gasteiger partial charge in [0.1, 0.15) is 0 Å². The fourth-order valence-corrected chi connectivity index (χ4v) is 3.83. The number of rotatable bonds is 8. The predicted molar refractivity (Wildman–Crippen MR) is 131 cm³/mol. The number of aromatic nitrogens is 4. The van der Waals surface area contributed by atoms with E-state index in [0.29, 0.717) is 57.4 Å². The SMILES string of the molecule is COc1cc(Nc2nc(Nc3ccc4c(c3)OCO4)c3ncn(C(C)C)c3n2)cc(OC)c1OC. The van der Waals surface area contributed by atoms with Crippen LogP contribution in [-0.4, -0.2) is 47.6 Å². The molecular weight excluding hydrogens is 452 g/mol. The minimum absolute atomic E-state index is 0.155. The first-order valence-electron chi connectivity index (χ1n) is 11.0. The lowest BCUT2D eigenvalue weighted by molar-refractivity contribution is 0.174. The summed E-state index contributed by atoms with van der Waals surface area (Å²) >= 11 is 0. The first-order valence-corrected chi connectivity index (χ1v) is 11.0. The number of fused-ring (bicyclic) bond motifs is 2. The normalized spacial score (nSPS) is 12.2. The predicted octanol–water partition coefficient (Wildman–Crippen LogP) is 4.65. The van der Waals surface area contributed by atoms with Crippen molar-refractivity contribution in [2.75, 3.05) is 38.8 Å². The van der Waals surface area contributed by atoms with Crippen molar-refractivity contribution in [1.29, 1.82) is 0 Å². The molecule has 4 aromatic rings. The summed E-state index contributed by atoms with van der Waals surface area (Å²) in [5.41, 5.74) is 2.79. The molecule has 1 aliphatic heterocycles. The largest absolute Gasteiger partial charge is 0.493 e. The lowest BCUT2D eigenvalue weighted by atomic mass is 10.2. The summed E-state index contributed by atoms with van der Waals surface area (Å²) in [5.74, 6) is 3.82. The number of nitrogens with one attached hydrogen (secondary N) is 2. The molecule has 3 heterocycles. The van der Waals surface area contributed by atoms with Crippen LogP contribution in [-0.2, 0) is 0 Å². The Morgan fingerprint density at radius 2 is 1.63 bits per heavy atom. The smallest absolute Gasteiger partial charge is 0.231 e. The maximum Gasteiger partial charge on any atom is 0.231 e. The highest BCUT2D eigenvalue weighted by atomic mass is 16.7. The van der Waals surface area contributed by atoms with Gasteiger partial charge in [-0.3, -0.25) is 0 Å². The van der Waals surface area contributed by atoms with Gasteiger partial charge in [-0.05, 0) is 26.0 Å². The average Bonchev–Trinajstić information content (AvgIpc) is 3.50. The van der Waals surface area contributed by atoms with Crippen LogP contribution in [0.1, 0.15) is 19.9 Å². The van der Waals surface area contributed by atoms with Gasteiger partial charge in [-0.1, -0.05) is 0 Å². The number of anilines is 4. The molecule has 35 heavy (non-hydrogen) atoms. The molecule has 182 valence electrons. The number of benzene rings is 2. The van der Waals surface area contributed by atoms with Gasteiger partial charge in [0.2, 0.25) is 18.5 Å². The zero-order valence-corrected chi connectivity index (χ0v) is 20.1. The third-order valence-electron chi connectivity index (χ3n) is 5.53. The number of hydrogen-bond donors (Lipinski definition) is 2. The van der Waals surface area contributed by atoms with Gasteiger partial charge < -0.3 is 38.9 Å². The molecule has 0 fully saturated rings. The minimum atomic E-state index is 0.155. The van der Waals surface area contributed by atoms with E-state index in [1.165, 1.54) is 0 Å². The summed E-state index contributed by atoms with van der Waals surface area (Å²) in [6.07, 6.45) is 1.76. The fourth-order valence-electron chi connectivity index (χ4n) is 3.83. The maximum atomic E-state index is 5.50. The van der Waals surface area contributed by atoms with Gasteiger partial charge in [-0.25, -0.2) is 4.98 Å². The molecule has 0 unspecified atom stereocenters. The Kier molecular flexibility index (Phi) is 5.81. The van der Waals surface area contributed by atoms with Crippen molar-refractivity contribution in [2.24, 2.45) is 0 Å². The number of ether oxygens (including phenoxy) is 5. The standard InChI is InChI=1S/C24H26N6O5/c1-13(2)30-11-25-20-22(26-14-6-7-16-17(8-14)35-12-34-16)28-24(29-23(20)30)27-15-9-18(31-3)21(33-5)19(10-15)32-4/h6-11,13H,12H2,1-5H3,(H2,26,27,28,29). The van der Waals surface area contributed by atoms with Crippen molar-refractivity contribution >= 4 is 34.3 Å². The Hall–Kier alpha value is -4.41. The molecule has 2 aromatic carbocycles. The Balaban J connectivity index is 1.56. The molecule has 0 amide bonds. The first-order chi connectivity index (χ1) is 17.0. The summed E-state index contributed by atoms with van der Waals surface area (Å²) < 4.78 is 29.3. The third kappa shape index (κ3) is 4.16. The van der Waals surface area contributed by atoms with E-state index in [2.05, 4.69) is 29.5 Å². The summed E-state index contributed by atoms with van der Waals surface area (Å²) in [4.78, 5) is 14.0. The second kappa shape index (κ2) is 9.09. The molecule has 0 radical (unpaired) electrons. The number of imidazole rings is 1. The molecule has 11 heteroatoms. The van der Waals surface area contributed by atoms with E-state index >= 15 is 0 Å². The van der Waals surface area contributed by atoms with Crippen LogP contribution < -0.4 is 34.3 Å². The second-order valence-electron chi connectivity index (χ2n) is 8.05. The third-order valence-corrected chi connectivity index (χ3v) is 5.53. The Morgan fingerprint density at radius 3 is 2.31 bits per heavy atom. The van der Waals surface area contributed by atoms with Crippen molar-refractivity contribution in [3.63, 3.8) is 0 Å². The quantitative estimate of drug-likeness (QED) is 0.371. The van der Waals surface area contributed by atoms with Crippen molar-refractivity contribution in [1.82, 2.24) is 19.5 Å². The highest BCUT2D eigenvalue weighted by Gasteiger charge is 2.19. The number of hydrogen-bond acceptors (Lipinski definition) is 10. The van der Waals surface area contributed by atoms with Gasteiger partial charge in [0.05, 0.1) is 27.7 Å². The second-order valence-corrected chi connectivity index (χ2v) is 8.05. The van der Waals surface area contributed by atoms with Gasteiger partial charge >= 0.3 is 0 Å². The van der Waals surface area contributed by atoms with Crippen LogP contribution in [0.25, 0.3) is 11.2 Å². The lowest BCUT2D eigenvalue weighted by Crippen LogP contribution is -2.06. The molecule has 0 saturated carbocycles. The first kappa shape index (κ1) is 22.4. The molecular formula is C24H26N6O5. The van der Waals surface area contributed by atoms with Crippen LogP contribution in [0.15, 0.2) is 36.7 Å². The van der Waals surface area contributed by atoms with E-state index in [0.717, 1.165) is 5.69 Å². The molecule has 0 aliphatic carbocycles. The maximum absolute atomic E-state index is 5.50. The Morgan fingerprint density at radius 1 is 0.886 bits per heavy atom. The van der Waals surface area contributed by atoms with E-state index < -0.39 is 0 Å². The summed E-state index contributed by atoms with van der Waals surface area (Å²) in [7, 11) is 4.70. The van der Waals surface area contributed by atoms with Crippen molar-refractivity contribution < 1.29 is 23.7 Å². The Labute approximate surface area is 202 Å². The van der Waals surface area contributed by atoms with Gasteiger partial charge in [0.25, 0.3) is 0 Å². The number of nitrogens with zero attached hydrogens (tertiary/aromatic N) is 4. The van der Waals surface area contributed by atoms with Gasteiger partial charge in [-0.15, -0.1) is 0 Å². The van der Waals surface area contributed by atoms with E-state index in [4.69, 9.17) is 33.7 Å². The van der Waals surface area contributed by atoms with E-state index in [-0.39, 0.29) is 12.8 Å². The van der Waals surface area contributed by atoms with Crippen LogP contribution in [0.5, 0.6) is 28.7 Å². The van der Waals surface area contributed by atoms with Gasteiger partial charge in [0.15, 0.2) is 40.0 Å². The van der Waals surface area contributed by atoms with Crippen LogP contribution >= 0.6 is 0 Å². The highest BCUT2D eigenvalue weighted by molar-refractivity contribution is 5.87. The molecule has 2 aromatic heterocycles. The monoisotopic (exact) mass is 478 g/mol. The molecule has 2 N–H and O–H groups in total. The molecule has 0 saturated heterocycles. The fraction of sp³-hybridized carbons (Fsp3) is 0.292. The average molecular weight is 479 g/mol. The molecule has 11 nitrogen and oxygen atoms in total. The summed E-state index contributed by atoms with van der Waals surface area (Å²) in [6.45, 7) is 4.35. The number of methoxy groups -OCH3 is 3. The molecule has 0 bridgehead atoms. The zero-order valence-electron chi connectivity index (χ0n) is 20.1. The van der Waals surface area contributed by atoms with Gasteiger partial charge in [0, 0.05) is 35.6 Å². The van der Waals surface area contributed by atoms with Crippen LogP contribution in [0.3, 0.4) is 0 Å². The minimum Gasteiger partial charge on any atom is -0.493 e.